The summed E-state index contributed by atoms with van der Waals surface area (Å²) in [6, 6.07) is 14.6. The fraction of sp³-hybridized carbons (Fsp3) is 0.200. The fourth-order valence-electron chi connectivity index (χ4n) is 3.17. The van der Waals surface area contributed by atoms with Gasteiger partial charge in [0.2, 0.25) is 17.7 Å². The number of fused-ring (bicyclic) bond motifs is 1. The number of thioether (sulfide) groups is 1. The van der Waals surface area contributed by atoms with E-state index in [1.807, 2.05) is 49.4 Å². The molecule has 1 atom stereocenters. The lowest BCUT2D eigenvalue weighted by atomic mass is 10.2. The minimum atomic E-state index is -0.258. The van der Waals surface area contributed by atoms with Gasteiger partial charge in [0.1, 0.15) is 0 Å². The highest BCUT2D eigenvalue weighted by atomic mass is 79.9. The van der Waals surface area contributed by atoms with Crippen molar-refractivity contribution in [3.63, 3.8) is 0 Å². The van der Waals surface area contributed by atoms with E-state index in [0.717, 1.165) is 10.0 Å². The van der Waals surface area contributed by atoms with E-state index in [4.69, 9.17) is 4.42 Å². The number of para-hydroxylation sites is 2. The van der Waals surface area contributed by atoms with Gasteiger partial charge in [0, 0.05) is 22.5 Å². The molecule has 1 aliphatic heterocycles. The molecule has 148 valence electrons. The molecular formula is C20H17BrN4O3S. The number of carbonyl (C=O) groups is 2. The first-order valence-corrected chi connectivity index (χ1v) is 10.7. The van der Waals surface area contributed by atoms with Gasteiger partial charge in [0.15, 0.2) is 0 Å². The SMILES string of the molecule is C[C@@H]1CC(=O)Nc2ccccc2N1C(=O)CSc1nnc(-c2cccc(Br)c2)o1. The van der Waals surface area contributed by atoms with Crippen LogP contribution >= 0.6 is 27.7 Å². The zero-order valence-electron chi connectivity index (χ0n) is 15.5. The number of amides is 2. The first-order valence-electron chi connectivity index (χ1n) is 8.94. The Balaban J connectivity index is 1.49. The van der Waals surface area contributed by atoms with E-state index in [1.54, 1.807) is 11.0 Å². The lowest BCUT2D eigenvalue weighted by Gasteiger charge is -2.27. The summed E-state index contributed by atoms with van der Waals surface area (Å²) in [5, 5.41) is 11.3. The van der Waals surface area contributed by atoms with Gasteiger partial charge in [0.05, 0.1) is 17.1 Å². The molecule has 2 amide bonds. The highest BCUT2D eigenvalue weighted by Crippen LogP contribution is 2.32. The summed E-state index contributed by atoms with van der Waals surface area (Å²) in [4.78, 5) is 26.7. The zero-order chi connectivity index (χ0) is 20.4. The summed E-state index contributed by atoms with van der Waals surface area (Å²) in [7, 11) is 0. The number of anilines is 2. The minimum Gasteiger partial charge on any atom is -0.411 e. The first kappa shape index (κ1) is 19.7. The highest BCUT2D eigenvalue weighted by molar-refractivity contribution is 9.10. The van der Waals surface area contributed by atoms with Crippen LogP contribution in [0.15, 0.2) is 62.6 Å². The molecule has 29 heavy (non-hydrogen) atoms. The molecule has 0 saturated heterocycles. The molecule has 0 spiro atoms. The van der Waals surface area contributed by atoms with Gasteiger partial charge in [-0.15, -0.1) is 10.2 Å². The summed E-state index contributed by atoms with van der Waals surface area (Å²) in [6.45, 7) is 1.86. The maximum Gasteiger partial charge on any atom is 0.277 e. The quantitative estimate of drug-likeness (QED) is 0.567. The molecule has 4 rings (SSSR count). The number of nitrogens with one attached hydrogen (secondary N) is 1. The predicted octanol–water partition coefficient (Wildman–Crippen LogP) is 4.36. The van der Waals surface area contributed by atoms with E-state index in [-0.39, 0.29) is 30.0 Å². The van der Waals surface area contributed by atoms with E-state index < -0.39 is 0 Å². The van der Waals surface area contributed by atoms with Crippen LogP contribution in [0.2, 0.25) is 0 Å². The molecule has 2 aromatic carbocycles. The molecule has 0 radical (unpaired) electrons. The fourth-order valence-corrected chi connectivity index (χ4v) is 4.19. The zero-order valence-corrected chi connectivity index (χ0v) is 17.9. The number of hydrogen-bond acceptors (Lipinski definition) is 6. The van der Waals surface area contributed by atoms with Gasteiger partial charge >= 0.3 is 0 Å². The lowest BCUT2D eigenvalue weighted by molar-refractivity contribution is -0.117. The van der Waals surface area contributed by atoms with E-state index in [9.17, 15) is 9.59 Å². The largest absolute Gasteiger partial charge is 0.411 e. The molecule has 1 aromatic heterocycles. The Kier molecular flexibility index (Phi) is 5.68. The van der Waals surface area contributed by atoms with Gasteiger partial charge in [-0.05, 0) is 37.3 Å². The van der Waals surface area contributed by atoms with Crippen molar-refractivity contribution in [2.24, 2.45) is 0 Å². The van der Waals surface area contributed by atoms with Crippen LogP contribution in [-0.2, 0) is 9.59 Å². The smallest absolute Gasteiger partial charge is 0.277 e. The summed E-state index contributed by atoms with van der Waals surface area (Å²) in [5.74, 6) is 0.272. The Bertz CT molecular complexity index is 1070. The second-order valence-corrected chi connectivity index (χ2v) is 8.40. The predicted molar refractivity (Wildman–Crippen MR) is 115 cm³/mol. The number of nitrogens with zero attached hydrogens (tertiary/aromatic N) is 3. The molecule has 7 nitrogen and oxygen atoms in total. The molecule has 0 bridgehead atoms. The molecule has 0 saturated carbocycles. The highest BCUT2D eigenvalue weighted by Gasteiger charge is 2.29. The average molecular weight is 473 g/mol. The summed E-state index contributed by atoms with van der Waals surface area (Å²) in [5.41, 5.74) is 2.12. The summed E-state index contributed by atoms with van der Waals surface area (Å²) >= 11 is 4.59. The third-order valence-electron chi connectivity index (χ3n) is 4.43. The molecule has 1 aliphatic rings. The van der Waals surface area contributed by atoms with Crippen molar-refractivity contribution in [2.45, 2.75) is 24.6 Å². The Hall–Kier alpha value is -2.65. The van der Waals surface area contributed by atoms with Gasteiger partial charge < -0.3 is 14.6 Å². The van der Waals surface area contributed by atoms with Gasteiger partial charge in [-0.1, -0.05) is 45.9 Å². The molecule has 0 unspecified atom stereocenters. The third kappa shape index (κ3) is 4.35. The number of carbonyl (C=O) groups excluding carboxylic acids is 2. The van der Waals surface area contributed by atoms with Crippen molar-refractivity contribution < 1.29 is 14.0 Å². The van der Waals surface area contributed by atoms with Crippen molar-refractivity contribution in [3.8, 4) is 11.5 Å². The van der Waals surface area contributed by atoms with Crippen molar-refractivity contribution >= 4 is 50.9 Å². The monoisotopic (exact) mass is 472 g/mol. The van der Waals surface area contributed by atoms with Gasteiger partial charge in [-0.3, -0.25) is 9.59 Å². The number of hydrogen-bond donors (Lipinski definition) is 1. The normalized spacial score (nSPS) is 16.1. The van der Waals surface area contributed by atoms with E-state index in [1.165, 1.54) is 11.8 Å². The van der Waals surface area contributed by atoms with Crippen LogP contribution < -0.4 is 10.2 Å². The van der Waals surface area contributed by atoms with E-state index >= 15 is 0 Å². The molecular weight excluding hydrogens is 456 g/mol. The second kappa shape index (κ2) is 8.38. The minimum absolute atomic E-state index is 0.108. The Morgan fingerprint density at radius 1 is 1.28 bits per heavy atom. The lowest BCUT2D eigenvalue weighted by Crippen LogP contribution is -2.40. The van der Waals surface area contributed by atoms with Crippen molar-refractivity contribution in [1.82, 2.24) is 10.2 Å². The van der Waals surface area contributed by atoms with E-state index in [0.29, 0.717) is 22.5 Å². The van der Waals surface area contributed by atoms with Crippen LogP contribution in [0.5, 0.6) is 0 Å². The van der Waals surface area contributed by atoms with Gasteiger partial charge in [-0.2, -0.15) is 0 Å². The standard InChI is InChI=1S/C20H17BrN4O3S/c1-12-9-17(26)22-15-7-2-3-8-16(15)25(12)18(27)11-29-20-24-23-19(28-20)13-5-4-6-14(21)10-13/h2-8,10,12H,9,11H2,1H3,(H,22,26)/t12-/m1/s1. The van der Waals surface area contributed by atoms with Crippen LogP contribution in [0, 0.1) is 0 Å². The van der Waals surface area contributed by atoms with Gasteiger partial charge in [-0.25, -0.2) is 0 Å². The van der Waals surface area contributed by atoms with Crippen molar-refractivity contribution in [3.05, 3.63) is 53.0 Å². The van der Waals surface area contributed by atoms with E-state index in [2.05, 4.69) is 31.4 Å². The van der Waals surface area contributed by atoms with Crippen molar-refractivity contribution in [2.75, 3.05) is 16.0 Å². The molecule has 1 N–H and O–H groups in total. The van der Waals surface area contributed by atoms with Gasteiger partial charge in [0.25, 0.3) is 5.22 Å². The molecule has 9 heteroatoms. The maximum absolute atomic E-state index is 13.0. The Morgan fingerprint density at radius 2 is 2.10 bits per heavy atom. The maximum atomic E-state index is 13.0. The van der Waals surface area contributed by atoms with Crippen LogP contribution in [-0.4, -0.2) is 33.8 Å². The number of halogens is 1. The third-order valence-corrected chi connectivity index (χ3v) is 5.72. The molecule has 0 fully saturated rings. The topological polar surface area (TPSA) is 88.3 Å². The molecule has 0 aliphatic carbocycles. The number of aromatic nitrogens is 2. The number of benzene rings is 2. The molecule has 2 heterocycles. The van der Waals surface area contributed by atoms with Crippen LogP contribution in [0.3, 0.4) is 0 Å². The summed E-state index contributed by atoms with van der Waals surface area (Å²) in [6.07, 6.45) is 0.235. The number of rotatable bonds is 4. The second-order valence-electron chi connectivity index (χ2n) is 6.55. The summed E-state index contributed by atoms with van der Waals surface area (Å²) < 4.78 is 6.59. The van der Waals surface area contributed by atoms with Crippen LogP contribution in [0.1, 0.15) is 13.3 Å². The van der Waals surface area contributed by atoms with Crippen LogP contribution in [0.4, 0.5) is 11.4 Å². The van der Waals surface area contributed by atoms with Crippen LogP contribution in [0.25, 0.3) is 11.5 Å². The average Bonchev–Trinajstić information content (AvgIpc) is 3.12. The Morgan fingerprint density at radius 3 is 2.93 bits per heavy atom. The Labute approximate surface area is 180 Å². The van der Waals surface area contributed by atoms with Crippen molar-refractivity contribution in [1.29, 1.82) is 0 Å². The first-order chi connectivity index (χ1) is 14.0. The molecule has 3 aromatic rings.